The summed E-state index contributed by atoms with van der Waals surface area (Å²) in [6.07, 6.45) is 3.03. The summed E-state index contributed by atoms with van der Waals surface area (Å²) in [4.78, 5) is 69.1. The summed E-state index contributed by atoms with van der Waals surface area (Å²) in [6.45, 7) is 18.1. The maximum atomic E-state index is 15.6. The summed E-state index contributed by atoms with van der Waals surface area (Å²) in [5.41, 5.74) is 10.1. The third kappa shape index (κ3) is 12.6. The highest BCUT2D eigenvalue weighted by Crippen LogP contribution is 2.54. The summed E-state index contributed by atoms with van der Waals surface area (Å²) in [5, 5.41) is 16.6. The van der Waals surface area contributed by atoms with Crippen molar-refractivity contribution in [3.05, 3.63) is 152 Å². The lowest BCUT2D eigenvalue weighted by Gasteiger charge is -2.47. The molecule has 0 saturated carbocycles. The number of ether oxygens (including phenoxy) is 3. The van der Waals surface area contributed by atoms with Crippen molar-refractivity contribution in [3.8, 4) is 23.1 Å². The van der Waals surface area contributed by atoms with Crippen molar-refractivity contribution >= 4 is 58.5 Å². The van der Waals surface area contributed by atoms with Crippen molar-refractivity contribution in [1.29, 1.82) is 5.26 Å². The van der Waals surface area contributed by atoms with E-state index in [2.05, 4.69) is 62.7 Å². The molecule has 0 spiro atoms. The number of anilines is 2. The SMILES string of the molecule is CCOc1cc(C(C)(C)C)ccc1C1=N[C@@](C)(c2ccc(Cl)cc2)[C@@](C)(c2ccc(Cl)cc2)N1C(=O)N1CCN(CCOCCOCCC(=O)N(C)CCn2nc3c(c2C#N)-c2cnc(N)c(n2)N2CCC[C@@H]2c2cc(F)ccc2C(=O)N(C)C3)CC1. The van der Waals surface area contributed by atoms with Gasteiger partial charge in [-0.2, -0.15) is 10.4 Å². The van der Waals surface area contributed by atoms with Gasteiger partial charge in [0.05, 0.1) is 87.3 Å². The maximum Gasteiger partial charge on any atom is 0.326 e. The van der Waals surface area contributed by atoms with E-state index in [-0.39, 0.29) is 73.5 Å². The first kappa shape index (κ1) is 62.4. The van der Waals surface area contributed by atoms with Crippen molar-refractivity contribution in [2.45, 2.75) is 96.4 Å². The van der Waals surface area contributed by atoms with E-state index in [1.54, 1.807) is 19.0 Å². The van der Waals surface area contributed by atoms with Crippen LogP contribution in [0.1, 0.15) is 116 Å². The highest BCUT2D eigenvalue weighted by molar-refractivity contribution is 6.30. The van der Waals surface area contributed by atoms with Gasteiger partial charge in [-0.3, -0.25) is 29.1 Å². The number of fused-ring (bicyclic) bond motifs is 8. The Hall–Kier alpha value is -7.67. The molecule has 0 aliphatic carbocycles. The number of halogens is 3. The smallest absolute Gasteiger partial charge is 0.326 e. The predicted molar refractivity (Wildman–Crippen MR) is 333 cm³/mol. The number of carbonyl (C=O) groups excluding carboxylic acids is 3. The van der Waals surface area contributed by atoms with Crippen LogP contribution in [0.3, 0.4) is 0 Å². The number of likely N-dealkylation sites (N-methyl/N-ethyl adjacent to an activating group) is 1. The molecule has 2 fully saturated rings. The number of amides is 4. The highest BCUT2D eigenvalue weighted by atomic mass is 35.5. The van der Waals surface area contributed by atoms with Crippen LogP contribution in [0.15, 0.2) is 96.1 Å². The molecule has 0 unspecified atom stereocenters. The van der Waals surface area contributed by atoms with Crippen LogP contribution in [0.2, 0.25) is 10.0 Å². The largest absolute Gasteiger partial charge is 0.493 e. The van der Waals surface area contributed by atoms with Gasteiger partial charge in [0, 0.05) is 75.5 Å². The number of carbonyl (C=O) groups is 3. The van der Waals surface area contributed by atoms with E-state index in [0.29, 0.717) is 128 Å². The number of urea groups is 1. The minimum atomic E-state index is -1.05. The van der Waals surface area contributed by atoms with Crippen LogP contribution >= 0.6 is 23.2 Å². The van der Waals surface area contributed by atoms with Gasteiger partial charge in [0.2, 0.25) is 5.91 Å². The molecule has 22 heteroatoms. The van der Waals surface area contributed by atoms with E-state index >= 15 is 4.79 Å². The fourth-order valence-electron chi connectivity index (χ4n) is 12.3. The molecule has 19 nitrogen and oxygen atoms in total. The molecule has 4 aliphatic heterocycles. The molecule has 87 heavy (non-hydrogen) atoms. The summed E-state index contributed by atoms with van der Waals surface area (Å²) in [5.74, 6) is 0.786. The molecule has 10 rings (SSSR count). The van der Waals surface area contributed by atoms with Crippen LogP contribution in [0, 0.1) is 17.1 Å². The number of aromatic nitrogens is 4. The Labute approximate surface area is 518 Å². The molecular formula is C65H76Cl2FN13O6. The second-order valence-corrected chi connectivity index (χ2v) is 24.8. The summed E-state index contributed by atoms with van der Waals surface area (Å²) >= 11 is 13.0. The van der Waals surface area contributed by atoms with E-state index in [1.807, 2.05) is 76.2 Å². The molecule has 4 aromatic carbocycles. The number of piperazine rings is 1. The Bertz CT molecular complexity index is 3600. The van der Waals surface area contributed by atoms with Crippen molar-refractivity contribution in [2.24, 2.45) is 4.99 Å². The van der Waals surface area contributed by atoms with Crippen molar-refractivity contribution in [2.75, 3.05) is 104 Å². The van der Waals surface area contributed by atoms with Crippen LogP contribution < -0.4 is 15.4 Å². The average Bonchev–Trinajstić information content (AvgIpc) is 1.56. The zero-order valence-electron chi connectivity index (χ0n) is 50.8. The topological polar surface area (TPSA) is 204 Å². The number of benzene rings is 4. The molecule has 4 amide bonds. The number of hydrogen-bond acceptors (Lipinski definition) is 14. The van der Waals surface area contributed by atoms with Crippen LogP contribution in [0.25, 0.3) is 11.3 Å². The lowest BCUT2D eigenvalue weighted by molar-refractivity contribution is -0.131. The summed E-state index contributed by atoms with van der Waals surface area (Å²) in [6, 6.07) is 27.5. The highest BCUT2D eigenvalue weighted by Gasteiger charge is 2.60. The van der Waals surface area contributed by atoms with Gasteiger partial charge in [0.15, 0.2) is 11.6 Å². The van der Waals surface area contributed by atoms with Crippen LogP contribution in [-0.4, -0.2) is 161 Å². The van der Waals surface area contributed by atoms with Gasteiger partial charge in [-0.05, 0) is 116 Å². The molecule has 6 heterocycles. The minimum absolute atomic E-state index is 0.0129. The van der Waals surface area contributed by atoms with E-state index in [1.165, 1.54) is 34.0 Å². The molecular weight excluding hydrogens is 1150 g/mol. The van der Waals surface area contributed by atoms with Gasteiger partial charge in [0.25, 0.3) is 5.91 Å². The number of hydrogen-bond donors (Lipinski definition) is 1. The van der Waals surface area contributed by atoms with E-state index in [4.69, 9.17) is 58.2 Å². The second kappa shape index (κ2) is 26.0. The number of rotatable bonds is 17. The third-order valence-electron chi connectivity index (χ3n) is 17.5. The molecule has 2 N–H and O–H groups in total. The van der Waals surface area contributed by atoms with Crippen LogP contribution in [-0.2, 0) is 43.9 Å². The Kier molecular flexibility index (Phi) is 18.6. The Morgan fingerprint density at radius 2 is 1.56 bits per heavy atom. The van der Waals surface area contributed by atoms with E-state index in [0.717, 1.165) is 28.7 Å². The zero-order chi connectivity index (χ0) is 62.0. The fraction of sp³-hybridized carbons (Fsp3) is 0.446. The summed E-state index contributed by atoms with van der Waals surface area (Å²) in [7, 11) is 3.33. The lowest BCUT2D eigenvalue weighted by Crippen LogP contribution is -2.60. The van der Waals surface area contributed by atoms with Gasteiger partial charge in [-0.25, -0.2) is 19.2 Å². The first-order valence-electron chi connectivity index (χ1n) is 29.7. The molecule has 3 atom stereocenters. The Morgan fingerprint density at radius 1 is 0.885 bits per heavy atom. The molecule has 4 aliphatic rings. The molecule has 458 valence electrons. The fourth-order valence-corrected chi connectivity index (χ4v) is 12.5. The number of aliphatic imine (C=N–C) groups is 1. The average molecular weight is 1230 g/mol. The number of nitrogen functional groups attached to an aromatic ring is 1. The molecule has 2 saturated heterocycles. The molecule has 2 bridgehead atoms. The third-order valence-corrected chi connectivity index (χ3v) is 18.0. The monoisotopic (exact) mass is 1220 g/mol. The van der Waals surface area contributed by atoms with E-state index in [9.17, 15) is 19.2 Å². The van der Waals surface area contributed by atoms with Gasteiger partial charge >= 0.3 is 6.03 Å². The number of nitriles is 1. The second-order valence-electron chi connectivity index (χ2n) is 23.9. The molecule has 2 aromatic heterocycles. The molecule has 6 aromatic rings. The number of nitrogens with zero attached hydrogens (tertiary/aromatic N) is 12. The number of nitrogens with two attached hydrogens (primary N) is 1. The standard InChI is InChI=1S/C65H76Cl2FN13O6/c1-9-87-55-37-44(63(2,3)4)16-22-49(55)59-73-64(5,42-12-17-45(66)18-13-42)65(6,43-14-19-46(67)20-15-43)81(59)62(84)78-29-27-77(28-30-78)32-34-86-36-35-85-33-24-56(82)75(7)26-31-80-54(39-69)57-51-40-71-58(70)60(72-51)79-25-10-11-53(79)50-38-47(68)21-23-48(50)61(83)76(8)41-52(57)74-80/h12-23,37-38,40,53H,9-11,24-36,41H2,1-8H3,(H2,70,71)/t53-,64+,65-/m1/s1. The van der Waals surface area contributed by atoms with Gasteiger partial charge in [-0.1, -0.05) is 74.3 Å². The van der Waals surface area contributed by atoms with Gasteiger partial charge in [0.1, 0.15) is 40.2 Å². The van der Waals surface area contributed by atoms with Crippen LogP contribution in [0.5, 0.6) is 5.75 Å². The first-order chi connectivity index (χ1) is 41.6. The van der Waals surface area contributed by atoms with Gasteiger partial charge in [-0.15, -0.1) is 0 Å². The van der Waals surface area contributed by atoms with Gasteiger partial charge < -0.3 is 39.5 Å². The summed E-state index contributed by atoms with van der Waals surface area (Å²) < 4.78 is 34.5. The molecule has 0 radical (unpaired) electrons. The zero-order valence-corrected chi connectivity index (χ0v) is 52.3. The minimum Gasteiger partial charge on any atom is -0.493 e. The van der Waals surface area contributed by atoms with Crippen molar-refractivity contribution < 1.29 is 33.0 Å². The predicted octanol–water partition coefficient (Wildman–Crippen LogP) is 10.1. The van der Waals surface area contributed by atoms with E-state index < -0.39 is 16.9 Å². The van der Waals surface area contributed by atoms with Crippen molar-refractivity contribution in [1.82, 2.24) is 44.2 Å². The van der Waals surface area contributed by atoms with Crippen LogP contribution in [0.4, 0.5) is 20.8 Å². The Balaban J connectivity index is 0.729. The lowest BCUT2D eigenvalue weighted by atomic mass is 9.71. The maximum absolute atomic E-state index is 15.6. The number of amidine groups is 1. The quantitative estimate of drug-likeness (QED) is 0.0846. The first-order valence-corrected chi connectivity index (χ1v) is 30.5. The Morgan fingerprint density at radius 3 is 2.24 bits per heavy atom. The van der Waals surface area contributed by atoms with Crippen molar-refractivity contribution in [3.63, 3.8) is 0 Å². The normalized spacial score (nSPS) is 19.6.